The Labute approximate surface area is 169 Å². The molecule has 0 bridgehead atoms. The largest absolute Gasteiger partial charge is 0.416 e. The van der Waals surface area contributed by atoms with Crippen molar-refractivity contribution < 1.29 is 18.0 Å². The average Bonchev–Trinajstić information content (AvgIpc) is 3.09. The van der Waals surface area contributed by atoms with Crippen LogP contribution in [0.1, 0.15) is 5.56 Å². The molecular weight excluding hydrogens is 401 g/mol. The summed E-state index contributed by atoms with van der Waals surface area (Å²) >= 11 is 0. The summed E-state index contributed by atoms with van der Waals surface area (Å²) in [5.41, 5.74) is 0.864. The van der Waals surface area contributed by atoms with Gasteiger partial charge >= 0.3 is 6.18 Å². The quantitative estimate of drug-likeness (QED) is 0.685. The molecule has 0 saturated carbocycles. The molecule has 2 aromatic heterocycles. The number of anilines is 2. The predicted molar refractivity (Wildman–Crippen MR) is 103 cm³/mol. The lowest BCUT2D eigenvalue weighted by Gasteiger charge is -2.34. The van der Waals surface area contributed by atoms with E-state index in [1.165, 1.54) is 18.5 Å². The van der Waals surface area contributed by atoms with Crippen LogP contribution in [0.4, 0.5) is 24.7 Å². The van der Waals surface area contributed by atoms with Gasteiger partial charge in [0.15, 0.2) is 17.0 Å². The number of carbonyl (C=O) groups is 1. The van der Waals surface area contributed by atoms with E-state index < -0.39 is 11.7 Å². The number of benzene rings is 1. The van der Waals surface area contributed by atoms with E-state index in [-0.39, 0.29) is 12.5 Å². The first-order valence-electron chi connectivity index (χ1n) is 9.26. The molecule has 1 N–H and O–H groups in total. The Morgan fingerprint density at radius 3 is 2.47 bits per heavy atom. The lowest BCUT2D eigenvalue weighted by molar-refractivity contribution is -0.137. The summed E-state index contributed by atoms with van der Waals surface area (Å²) in [6.07, 6.45) is -2.92. The van der Waals surface area contributed by atoms with Crippen LogP contribution in [-0.2, 0) is 18.0 Å². The second-order valence-electron chi connectivity index (χ2n) is 6.97. The molecule has 0 unspecified atom stereocenters. The van der Waals surface area contributed by atoms with Crippen molar-refractivity contribution in [2.45, 2.75) is 6.18 Å². The number of piperazine rings is 1. The highest BCUT2D eigenvalue weighted by Gasteiger charge is 2.30. The van der Waals surface area contributed by atoms with Crippen LogP contribution in [0.25, 0.3) is 11.2 Å². The number of halogens is 3. The Kier molecular flexibility index (Phi) is 5.24. The highest BCUT2D eigenvalue weighted by atomic mass is 19.4. The van der Waals surface area contributed by atoms with Gasteiger partial charge in [0.25, 0.3) is 0 Å². The van der Waals surface area contributed by atoms with Gasteiger partial charge in [0.1, 0.15) is 6.33 Å². The van der Waals surface area contributed by atoms with Crippen LogP contribution in [0.3, 0.4) is 0 Å². The molecule has 1 saturated heterocycles. The maximum atomic E-state index is 12.6. The fourth-order valence-corrected chi connectivity index (χ4v) is 3.34. The number of aryl methyl sites for hydroxylation is 1. The zero-order chi connectivity index (χ0) is 21.3. The van der Waals surface area contributed by atoms with Gasteiger partial charge in [0.05, 0.1) is 12.1 Å². The van der Waals surface area contributed by atoms with E-state index in [1.807, 2.05) is 4.90 Å². The van der Waals surface area contributed by atoms with Gasteiger partial charge in [0, 0.05) is 38.9 Å². The number of fused-ring (bicyclic) bond motifs is 1. The summed E-state index contributed by atoms with van der Waals surface area (Å²) in [7, 11) is 1.76. The lowest BCUT2D eigenvalue weighted by Crippen LogP contribution is -2.49. The van der Waals surface area contributed by atoms with Crippen molar-refractivity contribution in [1.82, 2.24) is 29.9 Å². The zero-order valence-corrected chi connectivity index (χ0v) is 16.1. The van der Waals surface area contributed by atoms with Crippen molar-refractivity contribution in [2.24, 2.45) is 7.05 Å². The van der Waals surface area contributed by atoms with Crippen LogP contribution in [0.15, 0.2) is 30.6 Å². The van der Waals surface area contributed by atoms with Gasteiger partial charge in [0.2, 0.25) is 5.91 Å². The SMILES string of the molecule is Cn1nnc2c(N3CCN(CC(=O)Nc4ccc(C(F)(F)F)cc4)CC3)ncnc21. The molecular formula is C18H19F3N8O. The monoisotopic (exact) mass is 420 g/mol. The lowest BCUT2D eigenvalue weighted by atomic mass is 10.2. The molecule has 12 heteroatoms. The van der Waals surface area contributed by atoms with Gasteiger partial charge in [-0.15, -0.1) is 5.10 Å². The topological polar surface area (TPSA) is 92.1 Å². The van der Waals surface area contributed by atoms with Gasteiger partial charge in [-0.2, -0.15) is 13.2 Å². The van der Waals surface area contributed by atoms with E-state index in [4.69, 9.17) is 0 Å². The van der Waals surface area contributed by atoms with E-state index >= 15 is 0 Å². The molecule has 0 atom stereocenters. The Bertz CT molecular complexity index is 1040. The second-order valence-corrected chi connectivity index (χ2v) is 6.97. The van der Waals surface area contributed by atoms with E-state index in [9.17, 15) is 18.0 Å². The predicted octanol–water partition coefficient (Wildman–Crippen LogP) is 1.54. The number of carbonyl (C=O) groups excluding carboxylic acids is 1. The average molecular weight is 420 g/mol. The standard InChI is InChI=1S/C18H19F3N8O/c1-27-16-15(25-26-27)17(23-11-22-16)29-8-6-28(7-9-29)10-14(30)24-13-4-2-12(3-5-13)18(19,20)21/h2-5,11H,6-10H2,1H3,(H,24,30). The third kappa shape index (κ3) is 4.17. The number of nitrogens with one attached hydrogen (secondary N) is 1. The fourth-order valence-electron chi connectivity index (χ4n) is 3.34. The molecule has 3 aromatic rings. The summed E-state index contributed by atoms with van der Waals surface area (Å²) < 4.78 is 39.4. The molecule has 30 heavy (non-hydrogen) atoms. The molecule has 3 heterocycles. The fraction of sp³-hybridized carbons (Fsp3) is 0.389. The van der Waals surface area contributed by atoms with Crippen LogP contribution in [0.2, 0.25) is 0 Å². The highest BCUT2D eigenvalue weighted by Crippen LogP contribution is 2.29. The summed E-state index contributed by atoms with van der Waals surface area (Å²) in [5, 5.41) is 10.7. The van der Waals surface area contributed by atoms with Crippen LogP contribution >= 0.6 is 0 Å². The summed E-state index contributed by atoms with van der Waals surface area (Å²) in [4.78, 5) is 24.8. The molecule has 9 nitrogen and oxygen atoms in total. The molecule has 0 spiro atoms. The van der Waals surface area contributed by atoms with E-state index in [0.29, 0.717) is 48.8 Å². The highest BCUT2D eigenvalue weighted by molar-refractivity contribution is 5.92. The number of amides is 1. The molecule has 1 aliphatic heterocycles. The van der Waals surface area contributed by atoms with E-state index in [2.05, 4.69) is 30.5 Å². The number of rotatable bonds is 4. The molecule has 1 aromatic carbocycles. The smallest absolute Gasteiger partial charge is 0.352 e. The van der Waals surface area contributed by atoms with Crippen molar-refractivity contribution in [1.29, 1.82) is 0 Å². The number of alkyl halides is 3. The van der Waals surface area contributed by atoms with Crippen molar-refractivity contribution >= 4 is 28.6 Å². The molecule has 0 aliphatic carbocycles. The van der Waals surface area contributed by atoms with Crippen molar-refractivity contribution in [3.8, 4) is 0 Å². The Hall–Kier alpha value is -3.28. The van der Waals surface area contributed by atoms with Crippen LogP contribution in [0, 0.1) is 0 Å². The first kappa shape index (κ1) is 20.0. The van der Waals surface area contributed by atoms with Gasteiger partial charge in [-0.05, 0) is 24.3 Å². The minimum absolute atomic E-state index is 0.152. The molecule has 1 aliphatic rings. The van der Waals surface area contributed by atoms with Crippen molar-refractivity contribution in [3.05, 3.63) is 36.2 Å². The van der Waals surface area contributed by atoms with Gasteiger partial charge in [-0.25, -0.2) is 14.6 Å². The van der Waals surface area contributed by atoms with E-state index in [0.717, 1.165) is 12.1 Å². The number of hydrogen-bond acceptors (Lipinski definition) is 7. The van der Waals surface area contributed by atoms with Crippen molar-refractivity contribution in [2.75, 3.05) is 42.9 Å². The third-order valence-electron chi connectivity index (χ3n) is 4.90. The van der Waals surface area contributed by atoms with Crippen LogP contribution in [0.5, 0.6) is 0 Å². The Morgan fingerprint density at radius 2 is 1.80 bits per heavy atom. The molecule has 0 radical (unpaired) electrons. The van der Waals surface area contributed by atoms with Crippen LogP contribution in [-0.4, -0.2) is 68.5 Å². The van der Waals surface area contributed by atoms with Gasteiger partial charge in [-0.1, -0.05) is 5.21 Å². The minimum atomic E-state index is -4.40. The Morgan fingerprint density at radius 1 is 1.10 bits per heavy atom. The molecule has 158 valence electrons. The number of aromatic nitrogens is 5. The first-order valence-corrected chi connectivity index (χ1v) is 9.26. The van der Waals surface area contributed by atoms with Crippen molar-refractivity contribution in [3.63, 3.8) is 0 Å². The number of hydrogen-bond donors (Lipinski definition) is 1. The molecule has 1 fully saturated rings. The molecule has 1 amide bonds. The summed E-state index contributed by atoms with van der Waals surface area (Å²) in [5.74, 6) is 0.434. The summed E-state index contributed by atoms with van der Waals surface area (Å²) in [6, 6.07) is 4.40. The number of nitrogens with zero attached hydrogens (tertiary/aromatic N) is 7. The molecule has 4 rings (SSSR count). The maximum absolute atomic E-state index is 12.6. The van der Waals surface area contributed by atoms with Gasteiger partial charge < -0.3 is 10.2 Å². The zero-order valence-electron chi connectivity index (χ0n) is 16.1. The Balaban J connectivity index is 1.32. The maximum Gasteiger partial charge on any atom is 0.416 e. The third-order valence-corrected chi connectivity index (χ3v) is 4.90. The normalized spacial score (nSPS) is 15.5. The van der Waals surface area contributed by atoms with Gasteiger partial charge in [-0.3, -0.25) is 9.69 Å². The summed E-state index contributed by atoms with van der Waals surface area (Å²) in [6.45, 7) is 2.71. The van der Waals surface area contributed by atoms with E-state index in [1.54, 1.807) is 11.7 Å². The first-order chi connectivity index (χ1) is 14.3. The minimum Gasteiger partial charge on any atom is -0.352 e. The van der Waals surface area contributed by atoms with Crippen LogP contribution < -0.4 is 10.2 Å². The second kappa shape index (κ2) is 7.86.